The molecule has 0 saturated heterocycles. The van der Waals surface area contributed by atoms with E-state index in [-0.39, 0.29) is 0 Å². The fraction of sp³-hybridized carbons (Fsp3) is 0.333. The molecule has 0 saturated carbocycles. The summed E-state index contributed by atoms with van der Waals surface area (Å²) >= 11 is 6.01. The lowest BCUT2D eigenvalue weighted by molar-refractivity contribution is 0.414. The van der Waals surface area contributed by atoms with Gasteiger partial charge in [0.1, 0.15) is 5.75 Å². The zero-order valence-corrected chi connectivity index (χ0v) is 7.77. The van der Waals surface area contributed by atoms with E-state index in [9.17, 15) is 0 Å². The molecule has 0 fully saturated rings. The SMILES string of the molecule is COc1cccc(CCN)c1Cl. The minimum absolute atomic E-state index is 0.604. The third kappa shape index (κ3) is 1.90. The predicted molar refractivity (Wildman–Crippen MR) is 50.8 cm³/mol. The van der Waals surface area contributed by atoms with Crippen molar-refractivity contribution in [2.24, 2.45) is 5.73 Å². The second-order valence-electron chi connectivity index (χ2n) is 2.47. The highest BCUT2D eigenvalue weighted by Crippen LogP contribution is 2.27. The maximum Gasteiger partial charge on any atom is 0.137 e. The van der Waals surface area contributed by atoms with Crippen LogP contribution in [0.3, 0.4) is 0 Å². The van der Waals surface area contributed by atoms with E-state index in [4.69, 9.17) is 22.1 Å². The van der Waals surface area contributed by atoms with Crippen molar-refractivity contribution in [3.8, 4) is 5.75 Å². The molecule has 3 heteroatoms. The van der Waals surface area contributed by atoms with Gasteiger partial charge in [-0.3, -0.25) is 0 Å². The topological polar surface area (TPSA) is 35.2 Å². The lowest BCUT2D eigenvalue weighted by atomic mass is 10.1. The Kier molecular flexibility index (Phi) is 3.38. The summed E-state index contributed by atoms with van der Waals surface area (Å²) in [6.45, 7) is 0.604. The van der Waals surface area contributed by atoms with Crippen LogP contribution in [0.25, 0.3) is 0 Å². The zero-order valence-electron chi connectivity index (χ0n) is 7.01. The van der Waals surface area contributed by atoms with Crippen LogP contribution in [0.2, 0.25) is 5.02 Å². The Morgan fingerprint density at radius 1 is 1.50 bits per heavy atom. The van der Waals surface area contributed by atoms with E-state index in [1.807, 2.05) is 18.2 Å². The van der Waals surface area contributed by atoms with Crippen LogP contribution >= 0.6 is 11.6 Å². The summed E-state index contributed by atoms with van der Waals surface area (Å²) in [7, 11) is 1.60. The van der Waals surface area contributed by atoms with Gasteiger partial charge in [-0.25, -0.2) is 0 Å². The molecular formula is C9H12ClNO. The summed E-state index contributed by atoms with van der Waals surface area (Å²) in [5.74, 6) is 0.711. The monoisotopic (exact) mass is 185 g/mol. The molecule has 66 valence electrons. The highest BCUT2D eigenvalue weighted by atomic mass is 35.5. The van der Waals surface area contributed by atoms with Gasteiger partial charge in [0.2, 0.25) is 0 Å². The Hall–Kier alpha value is -0.730. The van der Waals surface area contributed by atoms with Crippen LogP contribution in [0, 0.1) is 0 Å². The van der Waals surface area contributed by atoms with Gasteiger partial charge in [-0.1, -0.05) is 23.7 Å². The molecule has 0 unspecified atom stereocenters. The average molecular weight is 186 g/mol. The van der Waals surface area contributed by atoms with Crippen LogP contribution in [0.1, 0.15) is 5.56 Å². The van der Waals surface area contributed by atoms with Crippen LogP contribution in [0.15, 0.2) is 18.2 Å². The first kappa shape index (κ1) is 9.36. The third-order valence-corrected chi connectivity index (χ3v) is 2.11. The molecule has 2 nitrogen and oxygen atoms in total. The Morgan fingerprint density at radius 3 is 2.83 bits per heavy atom. The van der Waals surface area contributed by atoms with Gasteiger partial charge in [0.25, 0.3) is 0 Å². The van der Waals surface area contributed by atoms with Crippen molar-refractivity contribution >= 4 is 11.6 Å². The van der Waals surface area contributed by atoms with Crippen molar-refractivity contribution in [2.45, 2.75) is 6.42 Å². The molecule has 0 amide bonds. The first-order valence-corrected chi connectivity index (χ1v) is 4.19. The van der Waals surface area contributed by atoms with E-state index in [0.29, 0.717) is 17.3 Å². The van der Waals surface area contributed by atoms with Gasteiger partial charge in [0.05, 0.1) is 12.1 Å². The lowest BCUT2D eigenvalue weighted by Gasteiger charge is -2.06. The molecule has 1 rings (SSSR count). The van der Waals surface area contributed by atoms with Crippen molar-refractivity contribution in [1.29, 1.82) is 0 Å². The average Bonchev–Trinajstić information content (AvgIpc) is 2.09. The van der Waals surface area contributed by atoms with Gasteiger partial charge in [-0.2, -0.15) is 0 Å². The summed E-state index contributed by atoms with van der Waals surface area (Å²) in [5, 5.41) is 0.672. The van der Waals surface area contributed by atoms with E-state index in [1.54, 1.807) is 7.11 Å². The molecular weight excluding hydrogens is 174 g/mol. The smallest absolute Gasteiger partial charge is 0.137 e. The first-order valence-electron chi connectivity index (χ1n) is 3.81. The molecule has 0 atom stereocenters. The maximum absolute atomic E-state index is 6.01. The van der Waals surface area contributed by atoms with Gasteiger partial charge >= 0.3 is 0 Å². The molecule has 0 heterocycles. The highest BCUT2D eigenvalue weighted by Gasteiger charge is 2.04. The minimum atomic E-state index is 0.604. The number of benzene rings is 1. The molecule has 0 spiro atoms. The number of hydrogen-bond acceptors (Lipinski definition) is 2. The maximum atomic E-state index is 6.01. The molecule has 0 aliphatic carbocycles. The fourth-order valence-electron chi connectivity index (χ4n) is 1.06. The van der Waals surface area contributed by atoms with E-state index in [2.05, 4.69) is 0 Å². The van der Waals surface area contributed by atoms with E-state index in [1.165, 1.54) is 0 Å². The Bertz CT molecular complexity index is 263. The molecule has 0 aromatic heterocycles. The van der Waals surface area contributed by atoms with E-state index >= 15 is 0 Å². The third-order valence-electron chi connectivity index (χ3n) is 1.68. The summed E-state index contributed by atoms with van der Waals surface area (Å²) in [5.41, 5.74) is 6.46. The molecule has 2 N–H and O–H groups in total. The van der Waals surface area contributed by atoms with E-state index < -0.39 is 0 Å². The van der Waals surface area contributed by atoms with Crippen LogP contribution in [-0.4, -0.2) is 13.7 Å². The molecule has 12 heavy (non-hydrogen) atoms. The molecule has 1 aromatic carbocycles. The Balaban J connectivity index is 2.97. The summed E-state index contributed by atoms with van der Waals surface area (Å²) in [6, 6.07) is 5.70. The summed E-state index contributed by atoms with van der Waals surface area (Å²) in [4.78, 5) is 0. The second kappa shape index (κ2) is 4.33. The standard InChI is InChI=1S/C9H12ClNO/c1-12-8-4-2-3-7(5-6-11)9(8)10/h2-4H,5-6,11H2,1H3. The zero-order chi connectivity index (χ0) is 8.97. The van der Waals surface area contributed by atoms with Gasteiger partial charge in [-0.05, 0) is 24.6 Å². The number of methoxy groups -OCH3 is 1. The molecule has 0 aliphatic rings. The molecule has 1 aromatic rings. The number of halogens is 1. The first-order chi connectivity index (χ1) is 5.79. The molecule has 0 aliphatic heterocycles. The van der Waals surface area contributed by atoms with Crippen LogP contribution in [-0.2, 0) is 6.42 Å². The Morgan fingerprint density at radius 2 is 2.25 bits per heavy atom. The number of ether oxygens (including phenoxy) is 1. The van der Waals surface area contributed by atoms with Crippen LogP contribution in [0.4, 0.5) is 0 Å². The molecule has 0 radical (unpaired) electrons. The largest absolute Gasteiger partial charge is 0.495 e. The normalized spacial score (nSPS) is 9.92. The van der Waals surface area contributed by atoms with Gasteiger partial charge < -0.3 is 10.5 Å². The second-order valence-corrected chi connectivity index (χ2v) is 2.85. The predicted octanol–water partition coefficient (Wildman–Crippen LogP) is 1.85. The van der Waals surface area contributed by atoms with Gasteiger partial charge in [0, 0.05) is 0 Å². The van der Waals surface area contributed by atoms with Crippen molar-refractivity contribution in [3.63, 3.8) is 0 Å². The van der Waals surface area contributed by atoms with E-state index in [0.717, 1.165) is 12.0 Å². The molecule has 0 bridgehead atoms. The van der Waals surface area contributed by atoms with Crippen molar-refractivity contribution < 1.29 is 4.74 Å². The van der Waals surface area contributed by atoms with Crippen molar-refractivity contribution in [2.75, 3.05) is 13.7 Å². The van der Waals surface area contributed by atoms with Crippen LogP contribution in [0.5, 0.6) is 5.75 Å². The highest BCUT2D eigenvalue weighted by molar-refractivity contribution is 6.32. The quantitative estimate of drug-likeness (QED) is 0.780. The lowest BCUT2D eigenvalue weighted by Crippen LogP contribution is -2.03. The van der Waals surface area contributed by atoms with Crippen molar-refractivity contribution in [3.05, 3.63) is 28.8 Å². The Labute approximate surface area is 77.3 Å². The van der Waals surface area contributed by atoms with Gasteiger partial charge in [-0.15, -0.1) is 0 Å². The number of nitrogens with two attached hydrogens (primary N) is 1. The van der Waals surface area contributed by atoms with Crippen molar-refractivity contribution in [1.82, 2.24) is 0 Å². The number of hydrogen-bond donors (Lipinski definition) is 1. The van der Waals surface area contributed by atoms with Gasteiger partial charge in [0.15, 0.2) is 0 Å². The summed E-state index contributed by atoms with van der Waals surface area (Å²) < 4.78 is 5.06. The number of rotatable bonds is 3. The fourth-order valence-corrected chi connectivity index (χ4v) is 1.36. The minimum Gasteiger partial charge on any atom is -0.495 e. The summed E-state index contributed by atoms with van der Waals surface area (Å²) in [6.07, 6.45) is 0.788. The van der Waals surface area contributed by atoms with Crippen LogP contribution < -0.4 is 10.5 Å².